The van der Waals surface area contributed by atoms with E-state index in [4.69, 9.17) is 0 Å². The first kappa shape index (κ1) is 14.9. The van der Waals surface area contributed by atoms with Crippen molar-refractivity contribution in [2.75, 3.05) is 5.75 Å². The third kappa shape index (κ3) is 3.09. The number of hydrogen-bond donors (Lipinski definition) is 1. The monoisotopic (exact) mass is 324 g/mol. The number of halogens is 1. The summed E-state index contributed by atoms with van der Waals surface area (Å²) in [6, 6.07) is 4.84. The van der Waals surface area contributed by atoms with E-state index in [1.165, 1.54) is 43.1 Å². The molecule has 1 heterocycles. The van der Waals surface area contributed by atoms with Crippen LogP contribution < -0.4 is 0 Å². The maximum absolute atomic E-state index is 14.1. The Kier molecular flexibility index (Phi) is 4.50. The molecule has 1 aromatic carbocycles. The number of benzene rings is 1. The van der Waals surface area contributed by atoms with E-state index in [9.17, 15) is 14.3 Å². The minimum absolute atomic E-state index is 0.286. The summed E-state index contributed by atoms with van der Waals surface area (Å²) in [5.74, 6) is 1.11. The van der Waals surface area contributed by atoms with Crippen molar-refractivity contribution in [2.24, 2.45) is 5.92 Å². The number of hydrogen-bond acceptors (Lipinski definition) is 3. The molecule has 0 radical (unpaired) electrons. The topological polar surface area (TPSA) is 37.3 Å². The lowest BCUT2D eigenvalue weighted by molar-refractivity contribution is 0.0701. The third-order valence-corrected chi connectivity index (χ3v) is 6.42. The van der Waals surface area contributed by atoms with Gasteiger partial charge < -0.3 is 5.11 Å². The molecule has 0 amide bonds. The Morgan fingerprint density at radius 2 is 2.14 bits per heavy atom. The summed E-state index contributed by atoms with van der Waals surface area (Å²) in [7, 11) is 0. The summed E-state index contributed by atoms with van der Waals surface area (Å²) >= 11 is 2.92. The molecule has 1 fully saturated rings. The second kappa shape index (κ2) is 6.36. The van der Waals surface area contributed by atoms with Gasteiger partial charge in [-0.2, -0.15) is 11.8 Å². The lowest BCUT2D eigenvalue weighted by Gasteiger charge is -2.08. The molecule has 0 bridgehead atoms. The molecule has 1 N–H and O–H groups in total. The molecule has 1 aliphatic rings. The molecule has 0 unspecified atom stereocenters. The zero-order valence-corrected chi connectivity index (χ0v) is 13.2. The van der Waals surface area contributed by atoms with Crippen LogP contribution in [0.4, 0.5) is 4.39 Å². The van der Waals surface area contributed by atoms with Crippen molar-refractivity contribution in [2.45, 2.75) is 31.4 Å². The van der Waals surface area contributed by atoms with Gasteiger partial charge in [0.25, 0.3) is 0 Å². The molecule has 1 saturated carbocycles. The zero-order valence-electron chi connectivity index (χ0n) is 11.6. The Bertz CT molecular complexity index is 660. The van der Waals surface area contributed by atoms with Crippen molar-refractivity contribution in [3.63, 3.8) is 0 Å². The van der Waals surface area contributed by atoms with Crippen LogP contribution in [0.2, 0.25) is 0 Å². The first-order chi connectivity index (χ1) is 10.2. The van der Waals surface area contributed by atoms with Gasteiger partial charge in [0.2, 0.25) is 0 Å². The molecule has 0 aliphatic heterocycles. The molecule has 0 saturated heterocycles. The minimum Gasteiger partial charge on any atom is -0.477 e. The van der Waals surface area contributed by atoms with Crippen molar-refractivity contribution >= 4 is 39.2 Å². The van der Waals surface area contributed by atoms with Crippen LogP contribution in [0.1, 0.15) is 40.9 Å². The van der Waals surface area contributed by atoms with Crippen LogP contribution in [0.3, 0.4) is 0 Å². The lowest BCUT2D eigenvalue weighted by Crippen LogP contribution is -2.00. The van der Waals surface area contributed by atoms with Crippen molar-refractivity contribution in [1.29, 1.82) is 0 Å². The zero-order chi connectivity index (χ0) is 14.8. The van der Waals surface area contributed by atoms with Gasteiger partial charge in [0.15, 0.2) is 0 Å². The van der Waals surface area contributed by atoms with Gasteiger partial charge in [-0.3, -0.25) is 0 Å². The van der Waals surface area contributed by atoms with E-state index in [1.807, 2.05) is 0 Å². The fraction of sp³-hybridized carbons (Fsp3) is 0.438. The Labute approximate surface area is 131 Å². The van der Waals surface area contributed by atoms with Crippen LogP contribution in [0, 0.1) is 11.7 Å². The van der Waals surface area contributed by atoms with Crippen LogP contribution in [0.15, 0.2) is 18.2 Å². The molecule has 1 aliphatic carbocycles. The maximum atomic E-state index is 14.1. The summed E-state index contributed by atoms with van der Waals surface area (Å²) in [6.07, 6.45) is 5.16. The van der Waals surface area contributed by atoms with E-state index >= 15 is 0 Å². The van der Waals surface area contributed by atoms with Crippen LogP contribution in [-0.4, -0.2) is 16.8 Å². The molecular formula is C16H17FO2S2. The van der Waals surface area contributed by atoms with Gasteiger partial charge in [0.1, 0.15) is 10.7 Å². The molecule has 21 heavy (non-hydrogen) atoms. The standard InChI is InChI=1S/C16H17FO2S2/c17-12-6-3-7-13-14(12)11(15(21-13)16(18)19)9-20-8-10-4-1-2-5-10/h3,6-7,10H,1-2,4-5,8-9H2,(H,18,19). The van der Waals surface area contributed by atoms with E-state index in [-0.39, 0.29) is 10.7 Å². The van der Waals surface area contributed by atoms with Gasteiger partial charge in [-0.1, -0.05) is 18.9 Å². The highest BCUT2D eigenvalue weighted by Crippen LogP contribution is 2.37. The first-order valence-corrected chi connectivity index (χ1v) is 9.15. The van der Waals surface area contributed by atoms with E-state index < -0.39 is 5.97 Å². The molecule has 5 heteroatoms. The number of thiophene rings is 1. The van der Waals surface area contributed by atoms with Crippen LogP contribution in [0.25, 0.3) is 10.1 Å². The Morgan fingerprint density at radius 1 is 1.38 bits per heavy atom. The van der Waals surface area contributed by atoms with Gasteiger partial charge in [0.05, 0.1) is 0 Å². The second-order valence-electron chi connectivity index (χ2n) is 5.49. The Balaban J connectivity index is 1.84. The maximum Gasteiger partial charge on any atom is 0.346 e. The Hall–Kier alpha value is -1.07. The highest BCUT2D eigenvalue weighted by atomic mass is 32.2. The number of rotatable bonds is 5. The molecular weight excluding hydrogens is 307 g/mol. The molecule has 112 valence electrons. The van der Waals surface area contributed by atoms with Crippen LogP contribution in [-0.2, 0) is 5.75 Å². The average Bonchev–Trinajstić information content (AvgIpc) is 3.07. The predicted molar refractivity (Wildman–Crippen MR) is 86.9 cm³/mol. The number of carboxylic acids is 1. The molecule has 3 rings (SSSR count). The number of thioether (sulfide) groups is 1. The van der Waals surface area contributed by atoms with Crippen molar-refractivity contribution in [3.8, 4) is 0 Å². The second-order valence-corrected chi connectivity index (χ2v) is 7.58. The molecule has 1 aromatic heterocycles. The van der Waals surface area contributed by atoms with Crippen LogP contribution >= 0.6 is 23.1 Å². The number of fused-ring (bicyclic) bond motifs is 1. The molecule has 0 atom stereocenters. The summed E-state index contributed by atoms with van der Waals surface area (Å²) in [4.78, 5) is 11.7. The molecule has 2 aromatic rings. The van der Waals surface area contributed by atoms with Gasteiger partial charge >= 0.3 is 5.97 Å². The minimum atomic E-state index is -0.952. The van der Waals surface area contributed by atoms with Gasteiger partial charge in [-0.15, -0.1) is 11.3 Å². The van der Waals surface area contributed by atoms with E-state index in [1.54, 1.807) is 23.9 Å². The Morgan fingerprint density at radius 3 is 2.86 bits per heavy atom. The van der Waals surface area contributed by atoms with Crippen molar-refractivity contribution < 1.29 is 14.3 Å². The number of aromatic carboxylic acids is 1. The number of carboxylic acid groups (broad SMARTS) is 1. The highest BCUT2D eigenvalue weighted by molar-refractivity contribution is 7.98. The van der Waals surface area contributed by atoms with E-state index in [2.05, 4.69) is 0 Å². The van der Waals surface area contributed by atoms with E-state index in [0.717, 1.165) is 16.4 Å². The summed E-state index contributed by atoms with van der Waals surface area (Å²) in [5.41, 5.74) is 0.656. The normalized spacial score (nSPS) is 15.9. The summed E-state index contributed by atoms with van der Waals surface area (Å²) in [5, 5.41) is 9.85. The lowest BCUT2D eigenvalue weighted by atomic mass is 10.1. The quantitative estimate of drug-likeness (QED) is 0.825. The highest BCUT2D eigenvalue weighted by Gasteiger charge is 2.21. The average molecular weight is 324 g/mol. The van der Waals surface area contributed by atoms with Crippen molar-refractivity contribution in [1.82, 2.24) is 0 Å². The molecule has 2 nitrogen and oxygen atoms in total. The third-order valence-electron chi connectivity index (χ3n) is 4.03. The van der Waals surface area contributed by atoms with Gasteiger partial charge in [-0.05, 0) is 42.2 Å². The fourth-order valence-electron chi connectivity index (χ4n) is 2.98. The predicted octanol–water partition coefficient (Wildman–Crippen LogP) is 5.16. The van der Waals surface area contributed by atoms with E-state index in [0.29, 0.717) is 16.7 Å². The largest absolute Gasteiger partial charge is 0.477 e. The SMILES string of the molecule is O=C(O)c1sc2cccc(F)c2c1CSCC1CCCC1. The number of carbonyl (C=O) groups is 1. The first-order valence-electron chi connectivity index (χ1n) is 7.17. The summed E-state index contributed by atoms with van der Waals surface area (Å²) < 4.78 is 14.8. The summed E-state index contributed by atoms with van der Waals surface area (Å²) in [6.45, 7) is 0. The fourth-order valence-corrected chi connectivity index (χ4v) is 5.43. The molecule has 0 spiro atoms. The van der Waals surface area contributed by atoms with Crippen molar-refractivity contribution in [3.05, 3.63) is 34.5 Å². The van der Waals surface area contributed by atoms with Gasteiger partial charge in [-0.25, -0.2) is 9.18 Å². The van der Waals surface area contributed by atoms with Crippen LogP contribution in [0.5, 0.6) is 0 Å². The smallest absolute Gasteiger partial charge is 0.346 e. The van der Waals surface area contributed by atoms with Gasteiger partial charge in [0, 0.05) is 15.8 Å².